The Morgan fingerprint density at radius 3 is 2.67 bits per heavy atom. The zero-order chi connectivity index (χ0) is 13.8. The van der Waals surface area contributed by atoms with E-state index in [1.54, 1.807) is 31.7 Å². The molecule has 0 saturated carbocycles. The summed E-state index contributed by atoms with van der Waals surface area (Å²) in [5, 5.41) is 13.0. The number of carboxylic acid groups (broad SMARTS) is 1. The van der Waals surface area contributed by atoms with Crippen LogP contribution in [0.3, 0.4) is 0 Å². The van der Waals surface area contributed by atoms with Gasteiger partial charge in [0.15, 0.2) is 0 Å². The van der Waals surface area contributed by atoms with Crippen LogP contribution in [0.2, 0.25) is 0 Å². The van der Waals surface area contributed by atoms with Crippen LogP contribution in [0.1, 0.15) is 38.9 Å². The topological polar surface area (TPSA) is 88.5 Å². The van der Waals surface area contributed by atoms with Crippen molar-refractivity contribution >= 4 is 23.4 Å². The summed E-state index contributed by atoms with van der Waals surface area (Å²) in [4.78, 5) is 26.4. The van der Waals surface area contributed by atoms with Crippen molar-refractivity contribution in [2.75, 3.05) is 0 Å². The molecule has 1 aromatic heterocycles. The number of rotatable bonds is 4. The van der Waals surface area contributed by atoms with Crippen molar-refractivity contribution in [1.82, 2.24) is 10.3 Å². The van der Waals surface area contributed by atoms with Crippen LogP contribution >= 0.6 is 11.3 Å². The SMILES string of the molecule is CC(C)(C)OC(=O)N[C@@H](CC(=O)O)c1cscn1. The molecular formula is C11H16N2O4S. The van der Waals surface area contributed by atoms with Crippen LogP contribution in [-0.2, 0) is 9.53 Å². The van der Waals surface area contributed by atoms with E-state index in [0.717, 1.165) is 0 Å². The molecule has 0 aliphatic heterocycles. The number of thiazole rings is 1. The summed E-state index contributed by atoms with van der Waals surface area (Å²) in [6.45, 7) is 5.21. The van der Waals surface area contributed by atoms with Crippen molar-refractivity contribution in [3.8, 4) is 0 Å². The van der Waals surface area contributed by atoms with Gasteiger partial charge in [-0.25, -0.2) is 9.78 Å². The van der Waals surface area contributed by atoms with Crippen molar-refractivity contribution in [2.45, 2.75) is 38.8 Å². The minimum atomic E-state index is -1.01. The monoisotopic (exact) mass is 272 g/mol. The highest BCUT2D eigenvalue weighted by Crippen LogP contribution is 2.18. The van der Waals surface area contributed by atoms with Gasteiger partial charge in [0.1, 0.15) is 5.60 Å². The summed E-state index contributed by atoms with van der Waals surface area (Å²) in [7, 11) is 0. The second-order valence-corrected chi connectivity index (χ2v) is 5.43. The van der Waals surface area contributed by atoms with Gasteiger partial charge in [0.25, 0.3) is 0 Å². The molecular weight excluding hydrogens is 256 g/mol. The van der Waals surface area contributed by atoms with Gasteiger partial charge in [-0.2, -0.15) is 0 Å². The van der Waals surface area contributed by atoms with Crippen molar-refractivity contribution in [3.05, 3.63) is 16.6 Å². The number of carbonyl (C=O) groups excluding carboxylic acids is 1. The summed E-state index contributed by atoms with van der Waals surface area (Å²) in [6.07, 6.45) is -0.884. The molecule has 1 heterocycles. The average Bonchev–Trinajstić information content (AvgIpc) is 2.64. The maximum atomic E-state index is 11.6. The van der Waals surface area contributed by atoms with Crippen LogP contribution in [0.25, 0.3) is 0 Å². The molecule has 0 aromatic carbocycles. The Balaban J connectivity index is 2.68. The van der Waals surface area contributed by atoms with Crippen LogP contribution in [0.5, 0.6) is 0 Å². The minimum absolute atomic E-state index is 0.233. The number of aliphatic carboxylic acids is 1. The lowest BCUT2D eigenvalue weighted by atomic mass is 10.1. The fraction of sp³-hybridized carbons (Fsp3) is 0.545. The minimum Gasteiger partial charge on any atom is -0.481 e. The largest absolute Gasteiger partial charge is 0.481 e. The number of carbonyl (C=O) groups is 2. The van der Waals surface area contributed by atoms with E-state index in [1.807, 2.05) is 0 Å². The molecule has 1 atom stereocenters. The molecule has 0 spiro atoms. The number of hydrogen-bond donors (Lipinski definition) is 2. The van der Waals surface area contributed by atoms with Gasteiger partial charge in [0.2, 0.25) is 0 Å². The van der Waals surface area contributed by atoms with E-state index in [-0.39, 0.29) is 6.42 Å². The van der Waals surface area contributed by atoms with E-state index in [4.69, 9.17) is 9.84 Å². The second-order valence-electron chi connectivity index (χ2n) is 4.71. The molecule has 2 N–H and O–H groups in total. The van der Waals surface area contributed by atoms with Gasteiger partial charge in [-0.3, -0.25) is 4.79 Å². The number of nitrogens with zero attached hydrogens (tertiary/aromatic N) is 1. The summed E-state index contributed by atoms with van der Waals surface area (Å²) in [5.74, 6) is -1.01. The van der Waals surface area contributed by atoms with E-state index < -0.39 is 23.7 Å². The zero-order valence-electron chi connectivity index (χ0n) is 10.5. The quantitative estimate of drug-likeness (QED) is 0.877. The molecule has 0 aliphatic rings. The van der Waals surface area contributed by atoms with Crippen LogP contribution in [-0.4, -0.2) is 27.8 Å². The van der Waals surface area contributed by atoms with Crippen molar-refractivity contribution in [3.63, 3.8) is 0 Å². The van der Waals surface area contributed by atoms with Crippen molar-refractivity contribution in [1.29, 1.82) is 0 Å². The lowest BCUT2D eigenvalue weighted by Gasteiger charge is -2.22. The first-order chi connectivity index (χ1) is 8.28. The second kappa shape index (κ2) is 5.81. The van der Waals surface area contributed by atoms with Gasteiger partial charge in [-0.05, 0) is 20.8 Å². The fourth-order valence-electron chi connectivity index (χ4n) is 1.25. The molecule has 0 radical (unpaired) electrons. The Kier molecular flexibility index (Phi) is 4.66. The molecule has 6 nitrogen and oxygen atoms in total. The Bertz CT molecular complexity index is 411. The Morgan fingerprint density at radius 2 is 2.22 bits per heavy atom. The Hall–Kier alpha value is -1.63. The van der Waals surface area contributed by atoms with Gasteiger partial charge < -0.3 is 15.2 Å². The Morgan fingerprint density at radius 1 is 1.56 bits per heavy atom. The van der Waals surface area contributed by atoms with E-state index >= 15 is 0 Å². The van der Waals surface area contributed by atoms with Gasteiger partial charge in [0, 0.05) is 5.38 Å². The number of aromatic nitrogens is 1. The van der Waals surface area contributed by atoms with E-state index in [9.17, 15) is 9.59 Å². The summed E-state index contributed by atoms with van der Waals surface area (Å²) < 4.78 is 5.08. The first-order valence-corrected chi connectivity index (χ1v) is 6.31. The number of hydrogen-bond acceptors (Lipinski definition) is 5. The third kappa shape index (κ3) is 5.13. The summed E-state index contributed by atoms with van der Waals surface area (Å²) in [5.41, 5.74) is 1.48. The van der Waals surface area contributed by atoms with Crippen molar-refractivity contribution in [2.24, 2.45) is 0 Å². The summed E-state index contributed by atoms with van der Waals surface area (Å²) in [6, 6.07) is -0.677. The van der Waals surface area contributed by atoms with Gasteiger partial charge in [0.05, 0.1) is 23.7 Å². The van der Waals surface area contributed by atoms with E-state index in [1.165, 1.54) is 11.3 Å². The average molecular weight is 272 g/mol. The first-order valence-electron chi connectivity index (χ1n) is 5.37. The van der Waals surface area contributed by atoms with Gasteiger partial charge >= 0.3 is 12.1 Å². The highest BCUT2D eigenvalue weighted by Gasteiger charge is 2.23. The van der Waals surface area contributed by atoms with Crippen LogP contribution < -0.4 is 5.32 Å². The lowest BCUT2D eigenvalue weighted by molar-refractivity contribution is -0.137. The molecule has 0 saturated heterocycles. The lowest BCUT2D eigenvalue weighted by Crippen LogP contribution is -2.35. The maximum Gasteiger partial charge on any atom is 0.408 e. The number of carboxylic acids is 1. The maximum absolute atomic E-state index is 11.6. The normalized spacial score (nSPS) is 12.8. The predicted octanol–water partition coefficient (Wildman–Crippen LogP) is 2.18. The number of alkyl carbamates (subject to hydrolysis) is 1. The highest BCUT2D eigenvalue weighted by molar-refractivity contribution is 7.07. The molecule has 0 aliphatic carbocycles. The number of nitrogens with one attached hydrogen (secondary N) is 1. The predicted molar refractivity (Wildman–Crippen MR) is 66.5 cm³/mol. The number of ether oxygens (including phenoxy) is 1. The number of amides is 1. The van der Waals surface area contributed by atoms with E-state index in [2.05, 4.69) is 10.3 Å². The molecule has 0 unspecified atom stereocenters. The smallest absolute Gasteiger partial charge is 0.408 e. The van der Waals surface area contributed by atoms with E-state index in [0.29, 0.717) is 5.69 Å². The van der Waals surface area contributed by atoms with Gasteiger partial charge in [-0.1, -0.05) is 0 Å². The molecule has 18 heavy (non-hydrogen) atoms. The molecule has 1 aromatic rings. The molecule has 1 rings (SSSR count). The third-order valence-electron chi connectivity index (χ3n) is 1.88. The first kappa shape index (κ1) is 14.4. The third-order valence-corrected chi connectivity index (χ3v) is 2.48. The molecule has 0 bridgehead atoms. The van der Waals surface area contributed by atoms with Gasteiger partial charge in [-0.15, -0.1) is 11.3 Å². The standard InChI is InChI=1S/C11H16N2O4S/c1-11(2,3)17-10(16)13-7(4-9(14)15)8-5-18-6-12-8/h5-7H,4H2,1-3H3,(H,13,16)(H,14,15)/t7-/m0/s1. The van der Waals surface area contributed by atoms with Crippen LogP contribution in [0.15, 0.2) is 10.9 Å². The highest BCUT2D eigenvalue weighted by atomic mass is 32.1. The zero-order valence-corrected chi connectivity index (χ0v) is 11.3. The van der Waals surface area contributed by atoms with Crippen LogP contribution in [0, 0.1) is 0 Å². The summed E-state index contributed by atoms with van der Waals surface area (Å²) >= 11 is 1.34. The molecule has 0 fully saturated rings. The fourth-order valence-corrected chi connectivity index (χ4v) is 1.86. The van der Waals surface area contributed by atoms with Crippen molar-refractivity contribution < 1.29 is 19.4 Å². The molecule has 100 valence electrons. The Labute approximate surface area is 109 Å². The van der Waals surface area contributed by atoms with Crippen LogP contribution in [0.4, 0.5) is 4.79 Å². The molecule has 1 amide bonds. The molecule has 7 heteroatoms.